The Morgan fingerprint density at radius 3 is 2.75 bits per heavy atom. The molecule has 0 heterocycles. The van der Waals surface area contributed by atoms with E-state index in [1.807, 2.05) is 43.3 Å². The molecule has 1 fully saturated rings. The standard InChI is InChI=1S/C16H23ClN2O/c1-19(2)13-8-6-7-12(11-13)16(20)18-15-10-5-3-4-9-14(15)17/h6-8,11,14-15H,3-5,9-10H2,1-2H3,(H,18,20). The predicted octanol–water partition coefficient (Wildman–Crippen LogP) is 3.42. The first-order valence-corrected chi connectivity index (χ1v) is 7.74. The maximum absolute atomic E-state index is 12.4. The molecule has 0 saturated heterocycles. The summed E-state index contributed by atoms with van der Waals surface area (Å²) in [5.74, 6) is -0.0220. The molecule has 3 nitrogen and oxygen atoms in total. The van der Waals surface area contributed by atoms with Gasteiger partial charge in [0.1, 0.15) is 0 Å². The number of nitrogens with zero attached hydrogens (tertiary/aromatic N) is 1. The number of hydrogen-bond donors (Lipinski definition) is 1. The first kappa shape index (κ1) is 15.2. The number of nitrogens with one attached hydrogen (secondary N) is 1. The van der Waals surface area contributed by atoms with E-state index in [1.165, 1.54) is 6.42 Å². The molecule has 1 aromatic carbocycles. The monoisotopic (exact) mass is 294 g/mol. The summed E-state index contributed by atoms with van der Waals surface area (Å²) < 4.78 is 0. The van der Waals surface area contributed by atoms with Crippen molar-refractivity contribution in [3.8, 4) is 0 Å². The molecule has 2 atom stereocenters. The molecule has 1 N–H and O–H groups in total. The molecular formula is C16H23ClN2O. The Morgan fingerprint density at radius 1 is 1.25 bits per heavy atom. The fourth-order valence-electron chi connectivity index (χ4n) is 2.60. The lowest BCUT2D eigenvalue weighted by Gasteiger charge is -2.21. The van der Waals surface area contributed by atoms with Gasteiger partial charge in [-0.1, -0.05) is 25.3 Å². The van der Waals surface area contributed by atoms with Crippen molar-refractivity contribution in [2.45, 2.75) is 43.5 Å². The van der Waals surface area contributed by atoms with Gasteiger partial charge in [0, 0.05) is 31.4 Å². The van der Waals surface area contributed by atoms with Crippen molar-refractivity contribution in [3.63, 3.8) is 0 Å². The SMILES string of the molecule is CN(C)c1cccc(C(=O)NC2CCCCCC2Cl)c1. The molecular weight excluding hydrogens is 272 g/mol. The van der Waals surface area contributed by atoms with Crippen molar-refractivity contribution in [3.05, 3.63) is 29.8 Å². The van der Waals surface area contributed by atoms with Crippen LogP contribution in [0.2, 0.25) is 0 Å². The summed E-state index contributed by atoms with van der Waals surface area (Å²) >= 11 is 6.38. The molecule has 0 aromatic heterocycles. The molecule has 2 unspecified atom stereocenters. The number of halogens is 1. The van der Waals surface area contributed by atoms with Crippen LogP contribution in [0.25, 0.3) is 0 Å². The minimum absolute atomic E-state index is 0.0220. The third-order valence-corrected chi connectivity index (χ3v) is 4.40. The van der Waals surface area contributed by atoms with Gasteiger partial charge in [-0.05, 0) is 31.0 Å². The van der Waals surface area contributed by atoms with Gasteiger partial charge in [-0.15, -0.1) is 11.6 Å². The van der Waals surface area contributed by atoms with Crippen LogP contribution in [-0.2, 0) is 0 Å². The van der Waals surface area contributed by atoms with Crippen molar-refractivity contribution >= 4 is 23.2 Å². The molecule has 1 saturated carbocycles. The van der Waals surface area contributed by atoms with E-state index in [-0.39, 0.29) is 17.3 Å². The van der Waals surface area contributed by atoms with E-state index in [1.54, 1.807) is 0 Å². The van der Waals surface area contributed by atoms with Crippen LogP contribution < -0.4 is 10.2 Å². The minimum Gasteiger partial charge on any atom is -0.378 e. The molecule has 0 spiro atoms. The van der Waals surface area contributed by atoms with E-state index < -0.39 is 0 Å². The first-order chi connectivity index (χ1) is 9.58. The lowest BCUT2D eigenvalue weighted by molar-refractivity contribution is 0.0934. The van der Waals surface area contributed by atoms with Crippen LogP contribution in [0.4, 0.5) is 5.69 Å². The van der Waals surface area contributed by atoms with E-state index in [0.29, 0.717) is 5.56 Å². The number of carbonyl (C=O) groups is 1. The Labute approximate surface area is 126 Å². The molecule has 0 radical (unpaired) electrons. The zero-order valence-corrected chi connectivity index (χ0v) is 13.0. The Hall–Kier alpha value is -1.22. The fourth-order valence-corrected chi connectivity index (χ4v) is 2.95. The van der Waals surface area contributed by atoms with E-state index in [2.05, 4.69) is 5.32 Å². The van der Waals surface area contributed by atoms with Crippen molar-refractivity contribution in [1.29, 1.82) is 0 Å². The summed E-state index contributed by atoms with van der Waals surface area (Å²) in [4.78, 5) is 14.4. The summed E-state index contributed by atoms with van der Waals surface area (Å²) in [6.45, 7) is 0. The van der Waals surface area contributed by atoms with Crippen LogP contribution in [0.3, 0.4) is 0 Å². The molecule has 0 aliphatic heterocycles. The molecule has 1 aliphatic rings. The molecule has 110 valence electrons. The van der Waals surface area contributed by atoms with E-state index in [4.69, 9.17) is 11.6 Å². The zero-order valence-electron chi connectivity index (χ0n) is 12.2. The third kappa shape index (κ3) is 3.89. The Bertz CT molecular complexity index is 462. The average molecular weight is 295 g/mol. The normalized spacial score (nSPS) is 22.9. The summed E-state index contributed by atoms with van der Waals surface area (Å²) in [5.41, 5.74) is 1.73. The fraction of sp³-hybridized carbons (Fsp3) is 0.562. The highest BCUT2D eigenvalue weighted by atomic mass is 35.5. The number of anilines is 1. The van der Waals surface area contributed by atoms with Gasteiger partial charge in [-0.2, -0.15) is 0 Å². The topological polar surface area (TPSA) is 32.3 Å². The molecule has 1 aliphatic carbocycles. The van der Waals surface area contributed by atoms with Crippen LogP contribution in [-0.4, -0.2) is 31.4 Å². The number of alkyl halides is 1. The summed E-state index contributed by atoms with van der Waals surface area (Å²) in [7, 11) is 3.94. The van der Waals surface area contributed by atoms with Crippen LogP contribution in [0.5, 0.6) is 0 Å². The zero-order chi connectivity index (χ0) is 14.5. The van der Waals surface area contributed by atoms with E-state index in [0.717, 1.165) is 31.4 Å². The number of carbonyl (C=O) groups excluding carboxylic acids is 1. The second-order valence-electron chi connectivity index (χ2n) is 5.68. The summed E-state index contributed by atoms with van der Waals surface area (Å²) in [5, 5.41) is 3.16. The number of rotatable bonds is 3. The third-order valence-electron chi connectivity index (χ3n) is 3.87. The van der Waals surface area contributed by atoms with Gasteiger partial charge in [-0.3, -0.25) is 4.79 Å². The predicted molar refractivity (Wildman–Crippen MR) is 84.7 cm³/mol. The highest BCUT2D eigenvalue weighted by molar-refractivity contribution is 6.21. The minimum atomic E-state index is -0.0220. The number of benzene rings is 1. The van der Waals surface area contributed by atoms with Gasteiger partial charge in [0.05, 0.1) is 5.38 Å². The van der Waals surface area contributed by atoms with Crippen molar-refractivity contribution in [1.82, 2.24) is 5.32 Å². The Morgan fingerprint density at radius 2 is 2.00 bits per heavy atom. The molecule has 4 heteroatoms. The second kappa shape index (κ2) is 6.98. The lowest BCUT2D eigenvalue weighted by Crippen LogP contribution is -2.40. The molecule has 2 rings (SSSR count). The second-order valence-corrected chi connectivity index (χ2v) is 6.24. The maximum Gasteiger partial charge on any atom is 0.251 e. The summed E-state index contributed by atoms with van der Waals surface area (Å²) in [6.07, 6.45) is 5.49. The average Bonchev–Trinajstić information content (AvgIpc) is 2.64. The number of amides is 1. The van der Waals surface area contributed by atoms with Crippen molar-refractivity contribution in [2.24, 2.45) is 0 Å². The molecule has 0 bridgehead atoms. The van der Waals surface area contributed by atoms with E-state index in [9.17, 15) is 4.79 Å². The quantitative estimate of drug-likeness (QED) is 0.684. The largest absolute Gasteiger partial charge is 0.378 e. The van der Waals surface area contributed by atoms with Gasteiger partial charge >= 0.3 is 0 Å². The number of hydrogen-bond acceptors (Lipinski definition) is 2. The summed E-state index contributed by atoms with van der Waals surface area (Å²) in [6, 6.07) is 7.76. The van der Waals surface area contributed by atoms with Gasteiger partial charge in [0.15, 0.2) is 0 Å². The lowest BCUT2D eigenvalue weighted by atomic mass is 10.1. The maximum atomic E-state index is 12.4. The van der Waals surface area contributed by atoms with Gasteiger partial charge < -0.3 is 10.2 Å². The van der Waals surface area contributed by atoms with Gasteiger partial charge in [0.25, 0.3) is 5.91 Å². The Kier molecular flexibility index (Phi) is 5.30. The van der Waals surface area contributed by atoms with E-state index >= 15 is 0 Å². The van der Waals surface area contributed by atoms with Crippen LogP contribution in [0.15, 0.2) is 24.3 Å². The van der Waals surface area contributed by atoms with Crippen LogP contribution in [0.1, 0.15) is 42.5 Å². The van der Waals surface area contributed by atoms with Crippen LogP contribution in [0, 0.1) is 0 Å². The van der Waals surface area contributed by atoms with Crippen molar-refractivity contribution < 1.29 is 4.79 Å². The molecule has 1 amide bonds. The van der Waals surface area contributed by atoms with Crippen molar-refractivity contribution in [2.75, 3.05) is 19.0 Å². The van der Waals surface area contributed by atoms with Crippen LogP contribution >= 0.6 is 11.6 Å². The highest BCUT2D eigenvalue weighted by Crippen LogP contribution is 2.23. The van der Waals surface area contributed by atoms with Gasteiger partial charge in [-0.25, -0.2) is 0 Å². The molecule has 20 heavy (non-hydrogen) atoms. The highest BCUT2D eigenvalue weighted by Gasteiger charge is 2.23. The Balaban J connectivity index is 2.05. The smallest absolute Gasteiger partial charge is 0.251 e. The first-order valence-electron chi connectivity index (χ1n) is 7.30. The molecule has 1 aromatic rings. The van der Waals surface area contributed by atoms with Gasteiger partial charge in [0.2, 0.25) is 0 Å².